The Morgan fingerprint density at radius 2 is 1.76 bits per heavy atom. The predicted molar refractivity (Wildman–Crippen MR) is 78.2 cm³/mol. The number of nitrogens with zero attached hydrogens (tertiary/aromatic N) is 2. The monoisotopic (exact) mass is 319 g/mol. The maximum atomic E-state index is 11.6. The van der Waals surface area contributed by atoms with Gasteiger partial charge in [0.25, 0.3) is 0 Å². The quantitative estimate of drug-likeness (QED) is 0.716. The van der Waals surface area contributed by atoms with Gasteiger partial charge < -0.3 is 15.2 Å². The molecule has 0 aromatic rings. The lowest BCUT2D eigenvalue weighted by Crippen LogP contribution is -2.60. The second-order valence-electron chi connectivity index (χ2n) is 6.28. The Balaban J connectivity index is 1.63. The first-order valence-electron chi connectivity index (χ1n) is 7.62. The van der Waals surface area contributed by atoms with Gasteiger partial charge in [0.1, 0.15) is 0 Å². The van der Waals surface area contributed by atoms with E-state index in [9.17, 15) is 8.42 Å². The number of sulfonamides is 1. The van der Waals surface area contributed by atoms with Crippen LogP contribution < -0.4 is 5.73 Å². The summed E-state index contributed by atoms with van der Waals surface area (Å²) in [7, 11) is -3.09. The van der Waals surface area contributed by atoms with Crippen molar-refractivity contribution in [3.63, 3.8) is 0 Å². The molecular weight excluding hydrogens is 294 g/mol. The fraction of sp³-hybridized carbons (Fsp3) is 1.00. The van der Waals surface area contributed by atoms with E-state index in [0.29, 0.717) is 26.3 Å². The van der Waals surface area contributed by atoms with Crippen molar-refractivity contribution >= 4 is 10.0 Å². The lowest BCUT2D eigenvalue weighted by molar-refractivity contribution is -0.192. The molecule has 2 unspecified atom stereocenters. The normalized spacial score (nSPS) is 35.3. The smallest absolute Gasteiger partial charge is 0.211 e. The van der Waals surface area contributed by atoms with E-state index >= 15 is 0 Å². The summed E-state index contributed by atoms with van der Waals surface area (Å²) in [5.74, 6) is -0.450. The molecule has 2 heterocycles. The van der Waals surface area contributed by atoms with Crippen molar-refractivity contribution < 1.29 is 17.9 Å². The third-order valence-corrected chi connectivity index (χ3v) is 6.20. The van der Waals surface area contributed by atoms with Gasteiger partial charge in [-0.15, -0.1) is 0 Å². The zero-order valence-electron chi connectivity index (χ0n) is 12.5. The second kappa shape index (κ2) is 5.75. The molecule has 2 saturated heterocycles. The minimum atomic E-state index is -3.09. The molecule has 0 aromatic heterocycles. The average molecular weight is 319 g/mol. The van der Waals surface area contributed by atoms with Gasteiger partial charge in [-0.1, -0.05) is 0 Å². The molecule has 1 aliphatic carbocycles. The van der Waals surface area contributed by atoms with Crippen LogP contribution in [0.15, 0.2) is 0 Å². The van der Waals surface area contributed by atoms with Crippen LogP contribution in [0, 0.1) is 0 Å². The molecule has 0 aromatic carbocycles. The van der Waals surface area contributed by atoms with Crippen LogP contribution in [-0.4, -0.2) is 81.1 Å². The van der Waals surface area contributed by atoms with Gasteiger partial charge in [-0.05, 0) is 6.42 Å². The van der Waals surface area contributed by atoms with E-state index in [2.05, 4.69) is 4.90 Å². The number of piperazine rings is 1. The van der Waals surface area contributed by atoms with Crippen molar-refractivity contribution in [3.05, 3.63) is 0 Å². The van der Waals surface area contributed by atoms with E-state index in [0.717, 1.165) is 32.4 Å². The lowest BCUT2D eigenvalue weighted by atomic mass is 9.85. The number of nitrogens with two attached hydrogens (primary N) is 1. The molecule has 0 amide bonds. The number of rotatable bonds is 2. The standard InChI is InChI=1S/C13H25N3O4S/c1-21(17,18)16-6-4-15(5-7-16)12-10-13(3-2-11(12)14)19-8-9-20-13/h11-12H,2-10,14H2,1H3. The molecule has 122 valence electrons. The van der Waals surface area contributed by atoms with E-state index in [-0.39, 0.29) is 12.1 Å². The van der Waals surface area contributed by atoms with Crippen molar-refractivity contribution in [3.8, 4) is 0 Å². The second-order valence-corrected chi connectivity index (χ2v) is 8.26. The average Bonchev–Trinajstić information content (AvgIpc) is 2.90. The van der Waals surface area contributed by atoms with Crippen molar-refractivity contribution in [2.75, 3.05) is 45.6 Å². The summed E-state index contributed by atoms with van der Waals surface area (Å²) in [5.41, 5.74) is 6.30. The van der Waals surface area contributed by atoms with Crippen LogP contribution >= 0.6 is 0 Å². The summed E-state index contributed by atoms with van der Waals surface area (Å²) in [4.78, 5) is 2.30. The van der Waals surface area contributed by atoms with Crippen LogP contribution in [0.4, 0.5) is 0 Å². The lowest BCUT2D eigenvalue weighted by Gasteiger charge is -2.46. The van der Waals surface area contributed by atoms with Gasteiger partial charge in [-0.25, -0.2) is 8.42 Å². The highest BCUT2D eigenvalue weighted by Gasteiger charge is 2.46. The molecule has 3 rings (SSSR count). The minimum Gasteiger partial charge on any atom is -0.347 e. The zero-order valence-corrected chi connectivity index (χ0v) is 13.3. The van der Waals surface area contributed by atoms with Crippen LogP contribution in [-0.2, 0) is 19.5 Å². The van der Waals surface area contributed by atoms with E-state index in [4.69, 9.17) is 15.2 Å². The van der Waals surface area contributed by atoms with E-state index in [1.807, 2.05) is 0 Å². The Labute approximate surface area is 126 Å². The Kier molecular flexibility index (Phi) is 4.28. The molecule has 3 fully saturated rings. The zero-order chi connectivity index (χ0) is 15.1. The third-order valence-electron chi connectivity index (χ3n) is 4.90. The predicted octanol–water partition coefficient (Wildman–Crippen LogP) is -0.813. The molecule has 8 heteroatoms. The van der Waals surface area contributed by atoms with E-state index in [1.54, 1.807) is 0 Å². The fourth-order valence-electron chi connectivity index (χ4n) is 3.68. The molecular formula is C13H25N3O4S. The summed E-state index contributed by atoms with van der Waals surface area (Å²) in [6.07, 6.45) is 3.79. The van der Waals surface area contributed by atoms with Crippen LogP contribution in [0.5, 0.6) is 0 Å². The molecule has 7 nitrogen and oxygen atoms in total. The van der Waals surface area contributed by atoms with Gasteiger partial charge in [-0.3, -0.25) is 4.90 Å². The summed E-state index contributed by atoms with van der Waals surface area (Å²) in [6, 6.07) is 0.312. The molecule has 21 heavy (non-hydrogen) atoms. The van der Waals surface area contributed by atoms with Gasteiger partial charge in [0.05, 0.1) is 19.5 Å². The Morgan fingerprint density at radius 3 is 2.33 bits per heavy atom. The first-order valence-corrected chi connectivity index (χ1v) is 9.47. The molecule has 3 aliphatic rings. The summed E-state index contributed by atoms with van der Waals surface area (Å²) in [6.45, 7) is 3.84. The Hall–Kier alpha value is -0.250. The summed E-state index contributed by atoms with van der Waals surface area (Å²) in [5, 5.41) is 0. The SMILES string of the molecule is CS(=O)(=O)N1CCN(C2CC3(CCC2N)OCCO3)CC1. The van der Waals surface area contributed by atoms with Crippen molar-refractivity contribution in [2.45, 2.75) is 37.1 Å². The van der Waals surface area contributed by atoms with Crippen LogP contribution in [0.1, 0.15) is 19.3 Å². The Bertz CT molecular complexity index is 470. The maximum Gasteiger partial charge on any atom is 0.211 e. The number of hydrogen-bond donors (Lipinski definition) is 1. The van der Waals surface area contributed by atoms with Gasteiger partial charge in [-0.2, -0.15) is 4.31 Å². The Morgan fingerprint density at radius 1 is 1.14 bits per heavy atom. The summed E-state index contributed by atoms with van der Waals surface area (Å²) >= 11 is 0. The highest BCUT2D eigenvalue weighted by Crippen LogP contribution is 2.37. The number of hydrogen-bond acceptors (Lipinski definition) is 6. The van der Waals surface area contributed by atoms with Crippen molar-refractivity contribution in [1.29, 1.82) is 0 Å². The molecule has 1 saturated carbocycles. The minimum absolute atomic E-state index is 0.105. The topological polar surface area (TPSA) is 85.1 Å². The molecule has 0 radical (unpaired) electrons. The number of ether oxygens (including phenoxy) is 2. The highest BCUT2D eigenvalue weighted by molar-refractivity contribution is 7.88. The summed E-state index contributed by atoms with van der Waals surface area (Å²) < 4.78 is 36.3. The molecule has 2 atom stereocenters. The van der Waals surface area contributed by atoms with Gasteiger partial charge in [0.15, 0.2) is 5.79 Å². The molecule has 1 spiro atoms. The van der Waals surface area contributed by atoms with Gasteiger partial charge in [0.2, 0.25) is 10.0 Å². The molecule has 0 bridgehead atoms. The molecule has 2 aliphatic heterocycles. The van der Waals surface area contributed by atoms with Crippen molar-refractivity contribution in [1.82, 2.24) is 9.21 Å². The third kappa shape index (κ3) is 3.25. The van der Waals surface area contributed by atoms with Gasteiger partial charge in [0, 0.05) is 51.1 Å². The molecule has 2 N–H and O–H groups in total. The van der Waals surface area contributed by atoms with Crippen LogP contribution in [0.3, 0.4) is 0 Å². The van der Waals surface area contributed by atoms with E-state index in [1.165, 1.54) is 10.6 Å². The van der Waals surface area contributed by atoms with Crippen LogP contribution in [0.25, 0.3) is 0 Å². The van der Waals surface area contributed by atoms with Crippen molar-refractivity contribution in [2.24, 2.45) is 5.73 Å². The van der Waals surface area contributed by atoms with Crippen LogP contribution in [0.2, 0.25) is 0 Å². The first-order chi connectivity index (χ1) is 9.90. The van der Waals surface area contributed by atoms with Gasteiger partial charge >= 0.3 is 0 Å². The van der Waals surface area contributed by atoms with E-state index < -0.39 is 15.8 Å². The largest absolute Gasteiger partial charge is 0.347 e. The highest BCUT2D eigenvalue weighted by atomic mass is 32.2. The fourth-order valence-corrected chi connectivity index (χ4v) is 4.50. The maximum absolute atomic E-state index is 11.6. The first kappa shape index (κ1) is 15.6.